The topological polar surface area (TPSA) is 34.1 Å². The number of halogens is 1. The van der Waals surface area contributed by atoms with Gasteiger partial charge in [0.2, 0.25) is 0 Å². The van der Waals surface area contributed by atoms with Gasteiger partial charge in [0.25, 0.3) is 0 Å². The lowest BCUT2D eigenvalue weighted by atomic mass is 10.2. The maximum absolute atomic E-state index is 11.3. The average Bonchev–Trinajstić information content (AvgIpc) is 2.30. The van der Waals surface area contributed by atoms with Crippen LogP contribution >= 0.6 is 27.7 Å². The van der Waals surface area contributed by atoms with E-state index in [1.54, 1.807) is 23.9 Å². The Balaban J connectivity index is 2.63. The molecule has 96 valence electrons. The van der Waals surface area contributed by atoms with Crippen LogP contribution in [0.1, 0.15) is 13.3 Å². The van der Waals surface area contributed by atoms with Crippen LogP contribution in [-0.2, 0) is 9.84 Å². The Morgan fingerprint density at radius 1 is 1.29 bits per heavy atom. The van der Waals surface area contributed by atoms with Gasteiger partial charge >= 0.3 is 0 Å². The highest BCUT2D eigenvalue weighted by Gasteiger charge is 2.08. The molecule has 0 saturated carbocycles. The van der Waals surface area contributed by atoms with Gasteiger partial charge in [-0.2, -0.15) is 0 Å². The van der Waals surface area contributed by atoms with Crippen LogP contribution in [0, 0.1) is 5.92 Å². The molecule has 0 aromatic heterocycles. The van der Waals surface area contributed by atoms with Crippen molar-refractivity contribution in [3.8, 4) is 0 Å². The van der Waals surface area contributed by atoms with Gasteiger partial charge in [-0.15, -0.1) is 11.8 Å². The average molecular weight is 337 g/mol. The fourth-order valence-corrected chi connectivity index (χ4v) is 4.00. The molecule has 0 aliphatic heterocycles. The van der Waals surface area contributed by atoms with E-state index in [2.05, 4.69) is 22.9 Å². The minimum atomic E-state index is -3.08. The van der Waals surface area contributed by atoms with Crippen LogP contribution in [0.2, 0.25) is 0 Å². The molecule has 0 fully saturated rings. The van der Waals surface area contributed by atoms with Crippen molar-refractivity contribution in [3.05, 3.63) is 24.3 Å². The van der Waals surface area contributed by atoms with E-state index >= 15 is 0 Å². The molecule has 1 aromatic carbocycles. The predicted octanol–water partition coefficient (Wildman–Crippen LogP) is 3.60. The number of alkyl halides is 1. The zero-order chi connectivity index (χ0) is 12.9. The summed E-state index contributed by atoms with van der Waals surface area (Å²) in [4.78, 5) is 1.51. The van der Waals surface area contributed by atoms with E-state index in [1.807, 2.05) is 12.1 Å². The maximum atomic E-state index is 11.3. The monoisotopic (exact) mass is 336 g/mol. The Hall–Kier alpha value is -0.000000000000000111. The second-order valence-electron chi connectivity index (χ2n) is 3.98. The van der Waals surface area contributed by atoms with E-state index in [0.29, 0.717) is 10.8 Å². The summed E-state index contributed by atoms with van der Waals surface area (Å²) in [6.45, 7) is 2.18. The molecule has 1 rings (SSSR count). The molecule has 1 aromatic rings. The molecule has 0 N–H and O–H groups in total. The Morgan fingerprint density at radius 3 is 2.29 bits per heavy atom. The molecule has 2 nitrogen and oxygen atoms in total. The second-order valence-corrected chi connectivity index (χ2v) is 7.74. The molecule has 0 aliphatic carbocycles. The fourth-order valence-electron chi connectivity index (χ4n) is 1.27. The Bertz CT molecular complexity index is 436. The smallest absolute Gasteiger partial charge is 0.175 e. The summed E-state index contributed by atoms with van der Waals surface area (Å²) in [5, 5.41) is 1.01. The van der Waals surface area contributed by atoms with Crippen molar-refractivity contribution in [2.45, 2.75) is 23.1 Å². The van der Waals surface area contributed by atoms with Gasteiger partial charge in [0, 0.05) is 22.2 Å². The van der Waals surface area contributed by atoms with Crippen LogP contribution in [0.3, 0.4) is 0 Å². The van der Waals surface area contributed by atoms with Gasteiger partial charge in [-0.1, -0.05) is 29.3 Å². The first-order chi connectivity index (χ1) is 7.97. The minimum Gasteiger partial charge on any atom is -0.224 e. The zero-order valence-electron chi connectivity index (χ0n) is 10.0. The van der Waals surface area contributed by atoms with E-state index in [-0.39, 0.29) is 0 Å². The Labute approximate surface area is 116 Å². The van der Waals surface area contributed by atoms with Crippen molar-refractivity contribution in [1.29, 1.82) is 0 Å². The number of sulfone groups is 1. The number of rotatable bonds is 6. The van der Waals surface area contributed by atoms with Crippen LogP contribution in [-0.4, -0.2) is 25.8 Å². The molecule has 17 heavy (non-hydrogen) atoms. The number of benzene rings is 1. The largest absolute Gasteiger partial charge is 0.224 e. The molecule has 1 atom stereocenters. The summed E-state index contributed by atoms with van der Waals surface area (Å²) in [6, 6.07) is 7.10. The van der Waals surface area contributed by atoms with Gasteiger partial charge in [0.15, 0.2) is 9.84 Å². The standard InChI is InChI=1S/C12H17BrO2S2/c1-3-10(8-13)9-16-11-4-6-12(7-5-11)17(2,14)15/h4-7,10H,3,8-9H2,1-2H3. The van der Waals surface area contributed by atoms with Gasteiger partial charge < -0.3 is 0 Å². The minimum absolute atomic E-state index is 0.384. The fraction of sp³-hybridized carbons (Fsp3) is 0.500. The molecule has 5 heteroatoms. The SMILES string of the molecule is CCC(CBr)CSc1ccc(S(C)(=O)=O)cc1. The van der Waals surface area contributed by atoms with E-state index in [9.17, 15) is 8.42 Å². The van der Waals surface area contributed by atoms with Gasteiger partial charge in [0.1, 0.15) is 0 Å². The zero-order valence-corrected chi connectivity index (χ0v) is 13.2. The third-order valence-corrected chi connectivity index (χ3v) is 5.82. The molecule has 0 heterocycles. The van der Waals surface area contributed by atoms with Crippen LogP contribution in [0.5, 0.6) is 0 Å². The molecular formula is C12H17BrO2S2. The molecule has 0 spiro atoms. The second kappa shape index (κ2) is 6.81. The summed E-state index contributed by atoms with van der Waals surface area (Å²) in [6.07, 6.45) is 2.38. The molecule has 0 aliphatic rings. The first-order valence-corrected chi connectivity index (χ1v) is 9.46. The highest BCUT2D eigenvalue weighted by atomic mass is 79.9. The van der Waals surface area contributed by atoms with Crippen molar-refractivity contribution in [3.63, 3.8) is 0 Å². The van der Waals surface area contributed by atoms with Crippen LogP contribution < -0.4 is 0 Å². The molecule has 0 amide bonds. The van der Waals surface area contributed by atoms with Gasteiger partial charge in [-0.3, -0.25) is 0 Å². The summed E-state index contributed by atoms with van der Waals surface area (Å²) in [5.41, 5.74) is 0. The van der Waals surface area contributed by atoms with E-state index in [0.717, 1.165) is 22.4 Å². The lowest BCUT2D eigenvalue weighted by Crippen LogP contribution is -2.03. The Kier molecular flexibility index (Phi) is 6.03. The highest BCUT2D eigenvalue weighted by Crippen LogP contribution is 2.24. The van der Waals surface area contributed by atoms with Crippen LogP contribution in [0.15, 0.2) is 34.1 Å². The van der Waals surface area contributed by atoms with E-state index in [1.165, 1.54) is 6.26 Å². The summed E-state index contributed by atoms with van der Waals surface area (Å²) >= 11 is 5.27. The normalized spacial score (nSPS) is 13.6. The highest BCUT2D eigenvalue weighted by molar-refractivity contribution is 9.09. The first-order valence-electron chi connectivity index (χ1n) is 5.46. The summed E-state index contributed by atoms with van der Waals surface area (Å²) in [7, 11) is -3.08. The predicted molar refractivity (Wildman–Crippen MR) is 77.9 cm³/mol. The van der Waals surface area contributed by atoms with Crippen molar-refractivity contribution < 1.29 is 8.42 Å². The maximum Gasteiger partial charge on any atom is 0.175 e. The number of thioether (sulfide) groups is 1. The number of hydrogen-bond acceptors (Lipinski definition) is 3. The number of hydrogen-bond donors (Lipinski definition) is 0. The Morgan fingerprint density at radius 2 is 1.88 bits per heavy atom. The van der Waals surface area contributed by atoms with Crippen LogP contribution in [0.4, 0.5) is 0 Å². The quantitative estimate of drug-likeness (QED) is 0.587. The van der Waals surface area contributed by atoms with Gasteiger partial charge in [-0.25, -0.2) is 8.42 Å². The molecule has 0 saturated heterocycles. The van der Waals surface area contributed by atoms with E-state index < -0.39 is 9.84 Å². The summed E-state index contributed by atoms with van der Waals surface area (Å²) < 4.78 is 22.6. The summed E-state index contributed by atoms with van der Waals surface area (Å²) in [5.74, 6) is 1.72. The van der Waals surface area contributed by atoms with Crippen molar-refractivity contribution in [1.82, 2.24) is 0 Å². The lowest BCUT2D eigenvalue weighted by Gasteiger charge is -2.10. The van der Waals surface area contributed by atoms with Gasteiger partial charge in [0.05, 0.1) is 4.90 Å². The van der Waals surface area contributed by atoms with Gasteiger partial charge in [-0.05, 0) is 30.2 Å². The van der Waals surface area contributed by atoms with E-state index in [4.69, 9.17) is 0 Å². The molecule has 0 bridgehead atoms. The third-order valence-electron chi connectivity index (χ3n) is 2.53. The first kappa shape index (κ1) is 15.1. The van der Waals surface area contributed by atoms with Crippen LogP contribution in [0.25, 0.3) is 0 Å². The van der Waals surface area contributed by atoms with Crippen molar-refractivity contribution in [2.24, 2.45) is 5.92 Å². The molecule has 1 unspecified atom stereocenters. The third kappa shape index (κ3) is 5.02. The molecule has 0 radical (unpaired) electrons. The van der Waals surface area contributed by atoms with Crippen molar-refractivity contribution >= 4 is 37.5 Å². The lowest BCUT2D eigenvalue weighted by molar-refractivity contribution is 0.602. The van der Waals surface area contributed by atoms with Crippen molar-refractivity contribution in [2.75, 3.05) is 17.3 Å². The molecular weight excluding hydrogens is 320 g/mol.